The number of rotatable bonds is 7. The molecule has 0 aliphatic carbocycles. The van der Waals surface area contributed by atoms with Crippen molar-refractivity contribution in [1.29, 1.82) is 0 Å². The highest BCUT2D eigenvalue weighted by Gasteiger charge is 2.19. The van der Waals surface area contributed by atoms with Gasteiger partial charge in [0.2, 0.25) is 5.91 Å². The lowest BCUT2D eigenvalue weighted by atomic mass is 10.0. The number of hydrogen-bond donors (Lipinski definition) is 2. The predicted molar refractivity (Wildman–Crippen MR) is 88.1 cm³/mol. The molecule has 6 nitrogen and oxygen atoms in total. The van der Waals surface area contributed by atoms with Gasteiger partial charge in [-0.25, -0.2) is 0 Å². The quantitative estimate of drug-likeness (QED) is 0.783. The minimum Gasteiger partial charge on any atom is -0.481 e. The van der Waals surface area contributed by atoms with Crippen molar-refractivity contribution in [3.63, 3.8) is 0 Å². The summed E-state index contributed by atoms with van der Waals surface area (Å²) in [7, 11) is 2.10. The first kappa shape index (κ1) is 17.4. The predicted octanol–water partition coefficient (Wildman–Crippen LogP) is 0.956. The van der Waals surface area contributed by atoms with E-state index in [4.69, 9.17) is 5.11 Å². The van der Waals surface area contributed by atoms with E-state index in [0.717, 1.165) is 31.7 Å². The second kappa shape index (κ2) is 8.64. The smallest absolute Gasteiger partial charge is 0.305 e. The van der Waals surface area contributed by atoms with Crippen LogP contribution in [0.3, 0.4) is 0 Å². The second-order valence-electron chi connectivity index (χ2n) is 6.02. The number of nitrogens with one attached hydrogen (secondary N) is 1. The fraction of sp³-hybridized carbons (Fsp3) is 0.529. The normalized spacial score (nSPS) is 17.6. The Balaban J connectivity index is 1.84. The third-order valence-electron chi connectivity index (χ3n) is 4.17. The van der Waals surface area contributed by atoms with Crippen molar-refractivity contribution in [1.82, 2.24) is 15.1 Å². The molecular weight excluding hydrogens is 294 g/mol. The van der Waals surface area contributed by atoms with Gasteiger partial charge in [0.25, 0.3) is 0 Å². The molecule has 1 heterocycles. The third-order valence-corrected chi connectivity index (χ3v) is 4.17. The van der Waals surface area contributed by atoms with E-state index in [9.17, 15) is 9.59 Å². The van der Waals surface area contributed by atoms with E-state index in [-0.39, 0.29) is 12.3 Å². The summed E-state index contributed by atoms with van der Waals surface area (Å²) in [6.07, 6.45) is 0.289. The molecule has 23 heavy (non-hydrogen) atoms. The van der Waals surface area contributed by atoms with Crippen LogP contribution in [0.25, 0.3) is 0 Å². The second-order valence-corrected chi connectivity index (χ2v) is 6.02. The van der Waals surface area contributed by atoms with Crippen LogP contribution in [-0.2, 0) is 9.59 Å². The molecule has 0 saturated carbocycles. The average Bonchev–Trinajstić information content (AvgIpc) is 2.54. The standard InChI is InChI=1S/C17H25N3O3/c1-19-9-11-20(12-10-19)8-7-16(21)18-15(13-17(22)23)14-5-3-2-4-6-14/h2-6,15H,7-13H2,1H3,(H,18,21)(H,22,23)/t15-/m0/s1. The van der Waals surface area contributed by atoms with Crippen molar-refractivity contribution in [2.45, 2.75) is 18.9 Å². The fourth-order valence-electron chi connectivity index (χ4n) is 2.71. The number of likely N-dealkylation sites (N-methyl/N-ethyl adjacent to an activating group) is 1. The van der Waals surface area contributed by atoms with E-state index in [2.05, 4.69) is 22.2 Å². The van der Waals surface area contributed by atoms with E-state index in [0.29, 0.717) is 13.0 Å². The Bertz CT molecular complexity index is 513. The van der Waals surface area contributed by atoms with Crippen molar-refractivity contribution in [2.24, 2.45) is 0 Å². The van der Waals surface area contributed by atoms with Crippen LogP contribution < -0.4 is 5.32 Å². The zero-order valence-corrected chi connectivity index (χ0v) is 13.6. The first-order valence-electron chi connectivity index (χ1n) is 8.01. The molecule has 0 radical (unpaired) electrons. The minimum atomic E-state index is -0.918. The third kappa shape index (κ3) is 6.00. The highest BCUT2D eigenvalue weighted by Crippen LogP contribution is 2.16. The van der Waals surface area contributed by atoms with Gasteiger partial charge in [-0.1, -0.05) is 30.3 Å². The molecule has 126 valence electrons. The molecule has 1 aliphatic rings. The summed E-state index contributed by atoms with van der Waals surface area (Å²) in [6.45, 7) is 4.71. The number of amides is 1. The highest BCUT2D eigenvalue weighted by molar-refractivity contribution is 5.77. The molecule has 1 atom stereocenters. The van der Waals surface area contributed by atoms with E-state index < -0.39 is 12.0 Å². The van der Waals surface area contributed by atoms with Crippen molar-refractivity contribution in [2.75, 3.05) is 39.8 Å². The fourth-order valence-corrected chi connectivity index (χ4v) is 2.71. The number of piperazine rings is 1. The van der Waals surface area contributed by atoms with Gasteiger partial charge < -0.3 is 20.2 Å². The number of nitrogens with zero attached hydrogens (tertiary/aromatic N) is 2. The summed E-state index contributed by atoms with van der Waals surface area (Å²) in [5.41, 5.74) is 0.822. The molecule has 0 spiro atoms. The number of carboxylic acids is 1. The number of aliphatic carboxylic acids is 1. The monoisotopic (exact) mass is 319 g/mol. The Morgan fingerprint density at radius 3 is 2.43 bits per heavy atom. The summed E-state index contributed by atoms with van der Waals surface area (Å²) >= 11 is 0. The maximum absolute atomic E-state index is 12.2. The van der Waals surface area contributed by atoms with Gasteiger partial charge in [-0.3, -0.25) is 9.59 Å². The minimum absolute atomic E-state index is 0.0981. The van der Waals surface area contributed by atoms with Crippen LogP contribution in [0.5, 0.6) is 0 Å². The molecule has 1 saturated heterocycles. The Hall–Kier alpha value is -1.92. The van der Waals surface area contributed by atoms with Gasteiger partial charge in [0, 0.05) is 39.1 Å². The highest BCUT2D eigenvalue weighted by atomic mass is 16.4. The van der Waals surface area contributed by atoms with Crippen LogP contribution in [0.4, 0.5) is 0 Å². The van der Waals surface area contributed by atoms with Gasteiger partial charge in [0.05, 0.1) is 12.5 Å². The lowest BCUT2D eigenvalue weighted by molar-refractivity contribution is -0.137. The largest absolute Gasteiger partial charge is 0.481 e. The Labute approximate surface area is 137 Å². The Morgan fingerprint density at radius 2 is 1.83 bits per heavy atom. The van der Waals surface area contributed by atoms with Gasteiger partial charge in [-0.2, -0.15) is 0 Å². The lowest BCUT2D eigenvalue weighted by Gasteiger charge is -2.32. The maximum atomic E-state index is 12.2. The molecular formula is C17H25N3O3. The molecule has 1 amide bonds. The molecule has 1 fully saturated rings. The zero-order chi connectivity index (χ0) is 16.7. The van der Waals surface area contributed by atoms with Crippen LogP contribution in [0.15, 0.2) is 30.3 Å². The maximum Gasteiger partial charge on any atom is 0.305 e. The van der Waals surface area contributed by atoms with Crippen LogP contribution in [0, 0.1) is 0 Å². The van der Waals surface area contributed by atoms with Crippen LogP contribution in [-0.4, -0.2) is 66.6 Å². The van der Waals surface area contributed by atoms with Gasteiger partial charge in [-0.05, 0) is 12.6 Å². The van der Waals surface area contributed by atoms with Gasteiger partial charge >= 0.3 is 5.97 Å². The van der Waals surface area contributed by atoms with Crippen molar-refractivity contribution < 1.29 is 14.7 Å². The average molecular weight is 319 g/mol. The Morgan fingerprint density at radius 1 is 1.17 bits per heavy atom. The van der Waals surface area contributed by atoms with Crippen molar-refractivity contribution in [3.05, 3.63) is 35.9 Å². The van der Waals surface area contributed by atoms with E-state index in [1.807, 2.05) is 30.3 Å². The van der Waals surface area contributed by atoms with Crippen LogP contribution in [0.1, 0.15) is 24.4 Å². The first-order valence-corrected chi connectivity index (χ1v) is 8.01. The summed E-state index contributed by atoms with van der Waals surface area (Å²) in [5, 5.41) is 11.9. The molecule has 1 aromatic carbocycles. The Kier molecular flexibility index (Phi) is 6.55. The van der Waals surface area contributed by atoms with E-state index in [1.165, 1.54) is 0 Å². The number of benzene rings is 1. The molecule has 0 bridgehead atoms. The number of carbonyl (C=O) groups excluding carboxylic acids is 1. The molecule has 0 aromatic heterocycles. The van der Waals surface area contributed by atoms with Gasteiger partial charge in [-0.15, -0.1) is 0 Å². The van der Waals surface area contributed by atoms with E-state index >= 15 is 0 Å². The van der Waals surface area contributed by atoms with Gasteiger partial charge in [0.15, 0.2) is 0 Å². The van der Waals surface area contributed by atoms with E-state index in [1.54, 1.807) is 0 Å². The number of carbonyl (C=O) groups is 2. The van der Waals surface area contributed by atoms with Crippen LogP contribution >= 0.6 is 0 Å². The van der Waals surface area contributed by atoms with Crippen molar-refractivity contribution in [3.8, 4) is 0 Å². The lowest BCUT2D eigenvalue weighted by Crippen LogP contribution is -2.45. The molecule has 2 N–H and O–H groups in total. The molecule has 2 rings (SSSR count). The zero-order valence-electron chi connectivity index (χ0n) is 13.6. The summed E-state index contributed by atoms with van der Waals surface area (Å²) in [6, 6.07) is 8.77. The number of carboxylic acid groups (broad SMARTS) is 1. The van der Waals surface area contributed by atoms with Gasteiger partial charge in [0.1, 0.15) is 0 Å². The molecule has 6 heteroatoms. The topological polar surface area (TPSA) is 72.9 Å². The summed E-state index contributed by atoms with van der Waals surface area (Å²) < 4.78 is 0. The van der Waals surface area contributed by atoms with Crippen molar-refractivity contribution >= 4 is 11.9 Å². The molecule has 0 unspecified atom stereocenters. The summed E-state index contributed by atoms with van der Waals surface area (Å²) in [4.78, 5) is 27.8. The molecule has 1 aromatic rings. The summed E-state index contributed by atoms with van der Waals surface area (Å²) in [5.74, 6) is -1.02. The molecule has 1 aliphatic heterocycles. The number of hydrogen-bond acceptors (Lipinski definition) is 4. The SMILES string of the molecule is CN1CCN(CCC(=O)N[C@@H](CC(=O)O)c2ccccc2)CC1. The first-order chi connectivity index (χ1) is 11.0. The van der Waals surface area contributed by atoms with Crippen LogP contribution in [0.2, 0.25) is 0 Å².